The Bertz CT molecular complexity index is 228. The van der Waals surface area contributed by atoms with Gasteiger partial charge in [0, 0.05) is 6.42 Å². The van der Waals surface area contributed by atoms with Crippen molar-refractivity contribution in [3.8, 4) is 11.8 Å². The summed E-state index contributed by atoms with van der Waals surface area (Å²) in [5.41, 5.74) is 0. The monoisotopic (exact) mass is 198 g/mol. The van der Waals surface area contributed by atoms with Crippen molar-refractivity contribution in [2.75, 3.05) is 34.8 Å². The van der Waals surface area contributed by atoms with Crippen molar-refractivity contribution in [1.29, 1.82) is 0 Å². The number of nitrogens with one attached hydrogen (secondary N) is 1. The third-order valence-electron chi connectivity index (χ3n) is 1.66. The molecule has 0 aliphatic carbocycles. The minimum absolute atomic E-state index is 0.272. The fraction of sp³-hybridized carbons (Fsp3) is 0.700. The van der Waals surface area contributed by atoms with Crippen molar-refractivity contribution in [3.05, 3.63) is 0 Å². The largest absolute Gasteiger partial charge is 0.468 e. The van der Waals surface area contributed by atoms with Crippen LogP contribution in [0.25, 0.3) is 0 Å². The maximum atomic E-state index is 11.1. The first kappa shape index (κ1) is 12.9. The predicted molar refractivity (Wildman–Crippen MR) is 55.8 cm³/mol. The molecule has 1 atom stereocenters. The van der Waals surface area contributed by atoms with E-state index in [0.717, 1.165) is 0 Å². The lowest BCUT2D eigenvalue weighted by atomic mass is 10.2. The topological polar surface area (TPSA) is 41.6 Å². The number of ether oxygens (including phenoxy) is 1. The Morgan fingerprint density at radius 2 is 2.14 bits per heavy atom. The van der Waals surface area contributed by atoms with Crippen LogP contribution < -0.4 is 5.32 Å². The van der Waals surface area contributed by atoms with E-state index in [2.05, 4.69) is 21.9 Å². The Morgan fingerprint density at radius 3 is 2.57 bits per heavy atom. The van der Waals surface area contributed by atoms with Crippen LogP contribution in [0.4, 0.5) is 0 Å². The second-order valence-corrected chi connectivity index (χ2v) is 3.16. The van der Waals surface area contributed by atoms with Gasteiger partial charge in [0.1, 0.15) is 6.04 Å². The first-order chi connectivity index (χ1) is 6.61. The van der Waals surface area contributed by atoms with E-state index < -0.39 is 0 Å². The van der Waals surface area contributed by atoms with Crippen LogP contribution in [0.2, 0.25) is 0 Å². The van der Waals surface area contributed by atoms with Crippen LogP contribution in [0.3, 0.4) is 0 Å². The summed E-state index contributed by atoms with van der Waals surface area (Å²) in [7, 11) is 6.99. The molecular formula is C10H18N2O2. The zero-order valence-electron chi connectivity index (χ0n) is 9.26. The van der Waals surface area contributed by atoms with E-state index in [4.69, 9.17) is 0 Å². The highest BCUT2D eigenvalue weighted by Gasteiger charge is 2.14. The van der Waals surface area contributed by atoms with Crippen LogP contribution >= 0.6 is 0 Å². The summed E-state index contributed by atoms with van der Waals surface area (Å²) in [4.78, 5) is 13.1. The number of carbonyl (C=O) groups is 1. The van der Waals surface area contributed by atoms with E-state index in [-0.39, 0.29) is 12.0 Å². The molecule has 0 saturated heterocycles. The molecule has 4 nitrogen and oxygen atoms in total. The molecule has 0 amide bonds. The molecular weight excluding hydrogens is 180 g/mol. The molecule has 0 saturated carbocycles. The van der Waals surface area contributed by atoms with Crippen molar-refractivity contribution >= 4 is 5.97 Å². The summed E-state index contributed by atoms with van der Waals surface area (Å²) in [5.74, 6) is 5.61. The number of hydrogen-bond acceptors (Lipinski definition) is 4. The summed E-state index contributed by atoms with van der Waals surface area (Å²) in [6.07, 6.45) is 0.483. The first-order valence-corrected chi connectivity index (χ1v) is 4.47. The molecule has 0 aliphatic heterocycles. The zero-order valence-corrected chi connectivity index (χ0v) is 9.26. The summed E-state index contributed by atoms with van der Waals surface area (Å²) in [5, 5.41) is 2.85. The molecule has 0 bridgehead atoms. The predicted octanol–water partition coefficient (Wildman–Crippen LogP) is -0.297. The van der Waals surface area contributed by atoms with Gasteiger partial charge in [-0.25, -0.2) is 0 Å². The molecule has 4 heteroatoms. The van der Waals surface area contributed by atoms with Gasteiger partial charge < -0.3 is 10.1 Å². The van der Waals surface area contributed by atoms with Gasteiger partial charge in [0.2, 0.25) is 0 Å². The maximum absolute atomic E-state index is 11.1. The van der Waals surface area contributed by atoms with Crippen LogP contribution in [-0.2, 0) is 9.53 Å². The van der Waals surface area contributed by atoms with Gasteiger partial charge in [0.25, 0.3) is 0 Å². The molecule has 1 unspecified atom stereocenters. The Hall–Kier alpha value is -1.05. The van der Waals surface area contributed by atoms with Gasteiger partial charge in [-0.1, -0.05) is 11.8 Å². The molecule has 0 aromatic heterocycles. The van der Waals surface area contributed by atoms with E-state index in [0.29, 0.717) is 13.0 Å². The van der Waals surface area contributed by atoms with Gasteiger partial charge in [0.15, 0.2) is 0 Å². The van der Waals surface area contributed by atoms with Crippen LogP contribution in [-0.4, -0.2) is 51.7 Å². The average molecular weight is 198 g/mol. The molecule has 0 aliphatic rings. The minimum Gasteiger partial charge on any atom is -0.468 e. The summed E-state index contributed by atoms with van der Waals surface area (Å²) in [6, 6.07) is -0.324. The van der Waals surface area contributed by atoms with E-state index >= 15 is 0 Å². The van der Waals surface area contributed by atoms with Crippen molar-refractivity contribution in [3.63, 3.8) is 0 Å². The lowest BCUT2D eigenvalue weighted by molar-refractivity contribution is -0.142. The van der Waals surface area contributed by atoms with E-state index in [9.17, 15) is 4.79 Å². The van der Waals surface area contributed by atoms with Gasteiger partial charge >= 0.3 is 5.97 Å². The second-order valence-electron chi connectivity index (χ2n) is 3.16. The number of likely N-dealkylation sites (N-methyl/N-ethyl adjacent to an activating group) is 1. The number of nitrogens with zero attached hydrogens (tertiary/aromatic N) is 1. The first-order valence-electron chi connectivity index (χ1n) is 4.47. The van der Waals surface area contributed by atoms with Crippen molar-refractivity contribution in [2.45, 2.75) is 12.5 Å². The van der Waals surface area contributed by atoms with Gasteiger partial charge in [-0.15, -0.1) is 0 Å². The van der Waals surface area contributed by atoms with Crippen LogP contribution in [0.5, 0.6) is 0 Å². The van der Waals surface area contributed by atoms with E-state index in [1.165, 1.54) is 7.11 Å². The molecule has 0 fully saturated rings. The zero-order chi connectivity index (χ0) is 11.0. The maximum Gasteiger partial charge on any atom is 0.323 e. The molecule has 14 heavy (non-hydrogen) atoms. The standard InChI is InChI=1S/C10H18N2O2/c1-11-9(10(13)14-4)7-5-6-8-12(2)3/h9,11H,7-8H2,1-4H3. The highest BCUT2D eigenvalue weighted by Crippen LogP contribution is 1.92. The average Bonchev–Trinajstić information content (AvgIpc) is 2.16. The Kier molecular flexibility index (Phi) is 6.81. The van der Waals surface area contributed by atoms with Gasteiger partial charge in [-0.3, -0.25) is 9.69 Å². The van der Waals surface area contributed by atoms with Crippen molar-refractivity contribution in [2.24, 2.45) is 0 Å². The van der Waals surface area contributed by atoms with Crippen molar-refractivity contribution < 1.29 is 9.53 Å². The highest BCUT2D eigenvalue weighted by atomic mass is 16.5. The number of rotatable bonds is 4. The lowest BCUT2D eigenvalue weighted by Crippen LogP contribution is -2.34. The molecule has 0 heterocycles. The van der Waals surface area contributed by atoms with Gasteiger partial charge in [-0.05, 0) is 21.1 Å². The van der Waals surface area contributed by atoms with Crippen LogP contribution in [0.15, 0.2) is 0 Å². The van der Waals surface area contributed by atoms with Gasteiger partial charge in [-0.2, -0.15) is 0 Å². The summed E-state index contributed by atoms with van der Waals surface area (Å²) >= 11 is 0. The smallest absolute Gasteiger partial charge is 0.323 e. The fourth-order valence-electron chi connectivity index (χ4n) is 0.834. The van der Waals surface area contributed by atoms with Gasteiger partial charge in [0.05, 0.1) is 13.7 Å². The SMILES string of the molecule is CNC(CC#CCN(C)C)C(=O)OC. The normalized spacial score (nSPS) is 11.8. The number of carbonyl (C=O) groups excluding carboxylic acids is 1. The van der Waals surface area contributed by atoms with Crippen LogP contribution in [0, 0.1) is 11.8 Å². The van der Waals surface area contributed by atoms with Crippen LogP contribution in [0.1, 0.15) is 6.42 Å². The third kappa shape index (κ3) is 5.57. The van der Waals surface area contributed by atoms with E-state index in [1.54, 1.807) is 7.05 Å². The molecule has 0 spiro atoms. The van der Waals surface area contributed by atoms with Crippen molar-refractivity contribution in [1.82, 2.24) is 10.2 Å². The summed E-state index contributed by atoms with van der Waals surface area (Å²) in [6.45, 7) is 0.706. The highest BCUT2D eigenvalue weighted by molar-refractivity contribution is 5.75. The molecule has 1 N–H and O–H groups in total. The number of esters is 1. The third-order valence-corrected chi connectivity index (χ3v) is 1.66. The molecule has 80 valence electrons. The Labute approximate surface area is 85.6 Å². The fourth-order valence-corrected chi connectivity index (χ4v) is 0.834. The Morgan fingerprint density at radius 1 is 1.50 bits per heavy atom. The molecule has 0 rings (SSSR count). The lowest BCUT2D eigenvalue weighted by Gasteiger charge is -2.09. The minimum atomic E-state index is -0.324. The number of methoxy groups -OCH3 is 1. The molecule has 0 radical (unpaired) electrons. The van der Waals surface area contributed by atoms with E-state index in [1.807, 2.05) is 19.0 Å². The number of hydrogen-bond donors (Lipinski definition) is 1. The Balaban J connectivity index is 3.93. The molecule has 0 aromatic rings. The summed E-state index contributed by atoms with van der Waals surface area (Å²) < 4.78 is 4.60. The quantitative estimate of drug-likeness (QED) is 0.497. The second kappa shape index (κ2) is 7.36. The molecule has 0 aromatic carbocycles.